The molecule has 2 aromatic carbocycles. The number of anilines is 1. The third kappa shape index (κ3) is 3.68. The maximum absolute atomic E-state index is 14.0. The van der Waals surface area contributed by atoms with Crippen molar-refractivity contribution in [2.45, 2.75) is 0 Å². The van der Waals surface area contributed by atoms with Crippen molar-refractivity contribution in [1.82, 2.24) is 14.9 Å². The van der Waals surface area contributed by atoms with Crippen molar-refractivity contribution < 1.29 is 9.18 Å². The van der Waals surface area contributed by atoms with Gasteiger partial charge in [-0.3, -0.25) is 4.79 Å². The first kappa shape index (κ1) is 18.4. The molecule has 0 unspecified atom stereocenters. The fourth-order valence-corrected chi connectivity index (χ4v) is 3.49. The molecule has 1 saturated heterocycles. The molecule has 0 spiro atoms. The molecular formula is C21H18ClFN4O. The summed E-state index contributed by atoms with van der Waals surface area (Å²) in [5.41, 5.74) is 0.887. The van der Waals surface area contributed by atoms with Crippen LogP contribution in [0, 0.1) is 5.82 Å². The molecule has 0 radical (unpaired) electrons. The van der Waals surface area contributed by atoms with Crippen LogP contribution in [0.4, 0.5) is 10.2 Å². The topological polar surface area (TPSA) is 49.3 Å². The van der Waals surface area contributed by atoms with Crippen molar-refractivity contribution in [1.29, 1.82) is 0 Å². The average Bonchev–Trinajstić information content (AvgIpc) is 2.74. The predicted octanol–water partition coefficient (Wildman–Crippen LogP) is 3.90. The van der Waals surface area contributed by atoms with E-state index in [1.165, 1.54) is 18.2 Å². The molecule has 0 N–H and O–H groups in total. The highest BCUT2D eigenvalue weighted by molar-refractivity contribution is 6.33. The average molecular weight is 397 g/mol. The van der Waals surface area contributed by atoms with E-state index in [1.807, 2.05) is 36.4 Å². The third-order valence-electron chi connectivity index (χ3n) is 4.74. The van der Waals surface area contributed by atoms with Crippen molar-refractivity contribution in [3.63, 3.8) is 0 Å². The first-order valence-corrected chi connectivity index (χ1v) is 9.38. The standard InChI is InChI=1S/C21H18ClFN4O/c22-16-7-4-8-17(23)19(16)21(28)27-13-11-26(12-14-27)18-9-10-24-20(25-18)15-5-2-1-3-6-15/h1-10H,11-14H2. The largest absolute Gasteiger partial charge is 0.353 e. The smallest absolute Gasteiger partial charge is 0.258 e. The van der Waals surface area contributed by atoms with Crippen LogP contribution in [-0.4, -0.2) is 47.0 Å². The number of piperazine rings is 1. The Labute approximate surface area is 167 Å². The number of benzene rings is 2. The van der Waals surface area contributed by atoms with Gasteiger partial charge in [0.2, 0.25) is 0 Å². The Bertz CT molecular complexity index is 970. The normalized spacial score (nSPS) is 14.2. The summed E-state index contributed by atoms with van der Waals surface area (Å²) in [5, 5.41) is 0.135. The van der Waals surface area contributed by atoms with Gasteiger partial charge in [-0.05, 0) is 18.2 Å². The van der Waals surface area contributed by atoms with Gasteiger partial charge in [-0.25, -0.2) is 14.4 Å². The Kier molecular flexibility index (Phi) is 5.21. The van der Waals surface area contributed by atoms with E-state index in [1.54, 1.807) is 11.1 Å². The van der Waals surface area contributed by atoms with E-state index in [2.05, 4.69) is 14.9 Å². The molecule has 142 valence electrons. The van der Waals surface area contributed by atoms with Gasteiger partial charge in [-0.15, -0.1) is 0 Å². The summed E-state index contributed by atoms with van der Waals surface area (Å²) in [7, 11) is 0. The molecule has 0 bridgehead atoms. The minimum atomic E-state index is -0.594. The molecule has 0 saturated carbocycles. The highest BCUT2D eigenvalue weighted by Gasteiger charge is 2.26. The van der Waals surface area contributed by atoms with E-state index in [0.29, 0.717) is 32.0 Å². The van der Waals surface area contributed by atoms with Gasteiger partial charge < -0.3 is 9.80 Å². The third-order valence-corrected chi connectivity index (χ3v) is 5.06. The lowest BCUT2D eigenvalue weighted by Gasteiger charge is -2.35. The number of nitrogens with zero attached hydrogens (tertiary/aromatic N) is 4. The first-order chi connectivity index (χ1) is 13.6. The zero-order valence-electron chi connectivity index (χ0n) is 15.1. The Hall–Kier alpha value is -2.99. The summed E-state index contributed by atoms with van der Waals surface area (Å²) in [6.45, 7) is 2.13. The molecule has 1 amide bonds. The second kappa shape index (κ2) is 7.94. The molecular weight excluding hydrogens is 379 g/mol. The minimum absolute atomic E-state index is 0.0639. The monoisotopic (exact) mass is 396 g/mol. The van der Waals surface area contributed by atoms with Gasteiger partial charge in [0, 0.05) is 37.9 Å². The second-order valence-electron chi connectivity index (χ2n) is 6.48. The van der Waals surface area contributed by atoms with Crippen LogP contribution >= 0.6 is 11.6 Å². The highest BCUT2D eigenvalue weighted by Crippen LogP contribution is 2.23. The van der Waals surface area contributed by atoms with Gasteiger partial charge in [0.15, 0.2) is 5.82 Å². The van der Waals surface area contributed by atoms with Crippen LogP contribution in [0.5, 0.6) is 0 Å². The maximum atomic E-state index is 14.0. The molecule has 1 fully saturated rings. The molecule has 0 atom stereocenters. The molecule has 0 aliphatic carbocycles. The second-order valence-corrected chi connectivity index (χ2v) is 6.89. The number of rotatable bonds is 3. The lowest BCUT2D eigenvalue weighted by molar-refractivity contribution is 0.0742. The number of halogens is 2. The maximum Gasteiger partial charge on any atom is 0.258 e. The van der Waals surface area contributed by atoms with Crippen molar-refractivity contribution in [3.8, 4) is 11.4 Å². The van der Waals surface area contributed by atoms with Gasteiger partial charge in [-0.2, -0.15) is 0 Å². The van der Waals surface area contributed by atoms with Gasteiger partial charge >= 0.3 is 0 Å². The van der Waals surface area contributed by atoms with Crippen LogP contribution in [0.2, 0.25) is 5.02 Å². The van der Waals surface area contributed by atoms with Crippen LogP contribution in [0.1, 0.15) is 10.4 Å². The van der Waals surface area contributed by atoms with Crippen LogP contribution in [0.3, 0.4) is 0 Å². The summed E-state index contributed by atoms with van der Waals surface area (Å²) in [6, 6.07) is 15.9. The zero-order valence-corrected chi connectivity index (χ0v) is 15.8. The van der Waals surface area contributed by atoms with Gasteiger partial charge in [-0.1, -0.05) is 48.0 Å². The van der Waals surface area contributed by atoms with E-state index in [0.717, 1.165) is 11.4 Å². The summed E-state index contributed by atoms with van der Waals surface area (Å²) < 4.78 is 14.0. The fourth-order valence-electron chi connectivity index (χ4n) is 3.25. The fraction of sp³-hybridized carbons (Fsp3) is 0.190. The van der Waals surface area contributed by atoms with E-state index in [9.17, 15) is 9.18 Å². The van der Waals surface area contributed by atoms with Crippen LogP contribution in [-0.2, 0) is 0 Å². The lowest BCUT2D eigenvalue weighted by atomic mass is 10.1. The number of carbonyl (C=O) groups is 1. The molecule has 1 aliphatic heterocycles. The summed E-state index contributed by atoms with van der Waals surface area (Å²) in [4.78, 5) is 25.4. The molecule has 5 nitrogen and oxygen atoms in total. The lowest BCUT2D eigenvalue weighted by Crippen LogP contribution is -2.49. The number of hydrogen-bond donors (Lipinski definition) is 0. The van der Waals surface area contributed by atoms with E-state index in [4.69, 9.17) is 11.6 Å². The summed E-state index contributed by atoms with van der Waals surface area (Å²) in [5.74, 6) is 0.498. The van der Waals surface area contributed by atoms with Crippen molar-refractivity contribution >= 4 is 23.3 Å². The molecule has 1 aliphatic rings. The molecule has 28 heavy (non-hydrogen) atoms. The Balaban J connectivity index is 1.47. The number of carbonyl (C=O) groups excluding carboxylic acids is 1. The Morgan fingerprint density at radius 3 is 2.43 bits per heavy atom. The van der Waals surface area contributed by atoms with Gasteiger partial charge in [0.05, 0.1) is 10.6 Å². The van der Waals surface area contributed by atoms with Crippen LogP contribution in [0.15, 0.2) is 60.8 Å². The zero-order chi connectivity index (χ0) is 19.5. The van der Waals surface area contributed by atoms with Crippen molar-refractivity contribution in [2.75, 3.05) is 31.1 Å². The Morgan fingerprint density at radius 2 is 1.71 bits per heavy atom. The number of amides is 1. The molecule has 1 aromatic heterocycles. The molecule has 3 aromatic rings. The van der Waals surface area contributed by atoms with Crippen molar-refractivity contribution in [2.24, 2.45) is 0 Å². The van der Waals surface area contributed by atoms with Crippen LogP contribution in [0.25, 0.3) is 11.4 Å². The first-order valence-electron chi connectivity index (χ1n) is 9.00. The molecule has 2 heterocycles. The van der Waals surface area contributed by atoms with Crippen molar-refractivity contribution in [3.05, 3.63) is 77.2 Å². The number of aromatic nitrogens is 2. The van der Waals surface area contributed by atoms with Crippen LogP contribution < -0.4 is 4.90 Å². The van der Waals surface area contributed by atoms with Gasteiger partial charge in [0.25, 0.3) is 5.91 Å². The van der Waals surface area contributed by atoms with E-state index in [-0.39, 0.29) is 16.5 Å². The molecule has 7 heteroatoms. The van der Waals surface area contributed by atoms with E-state index < -0.39 is 5.82 Å². The summed E-state index contributed by atoms with van der Waals surface area (Å²) >= 11 is 6.03. The van der Waals surface area contributed by atoms with Gasteiger partial charge in [0.1, 0.15) is 11.6 Å². The molecule has 4 rings (SSSR count). The SMILES string of the molecule is O=C(c1c(F)cccc1Cl)N1CCN(c2ccnc(-c3ccccc3)n2)CC1. The summed E-state index contributed by atoms with van der Waals surface area (Å²) in [6.07, 6.45) is 1.74. The number of hydrogen-bond acceptors (Lipinski definition) is 4. The highest BCUT2D eigenvalue weighted by atomic mass is 35.5. The quantitative estimate of drug-likeness (QED) is 0.673. The van der Waals surface area contributed by atoms with E-state index >= 15 is 0 Å². The predicted molar refractivity (Wildman–Crippen MR) is 107 cm³/mol. The Morgan fingerprint density at radius 1 is 0.964 bits per heavy atom. The minimum Gasteiger partial charge on any atom is -0.353 e.